The van der Waals surface area contributed by atoms with Crippen LogP contribution in [0.15, 0.2) is 24.3 Å². The summed E-state index contributed by atoms with van der Waals surface area (Å²) in [5.74, 6) is 2.92. The summed E-state index contributed by atoms with van der Waals surface area (Å²) in [6.45, 7) is 21.1. The smallest absolute Gasteiger partial charge is 0.0751 e. The fourth-order valence-corrected chi connectivity index (χ4v) is 11.1. The maximum atomic E-state index is 11.5. The first-order chi connectivity index (χ1) is 14.4. The van der Waals surface area contributed by atoms with Crippen molar-refractivity contribution in [3.8, 4) is 0 Å². The number of fused-ring (bicyclic) bond motifs is 7. The SMILES string of the molecule is C=C1C2[C@H](O)C[C@]3(C)[C@H](CCC4[C@@]5(C)CC[C@@H](C(=C)C)C5CC[C@]43C)[C@@]2(C)CC[C@@H]1O. The minimum absolute atomic E-state index is 0.0562. The summed E-state index contributed by atoms with van der Waals surface area (Å²) in [5, 5.41) is 22.1. The molecular weight excluding hydrogens is 380 g/mol. The molecule has 2 nitrogen and oxygen atoms in total. The highest BCUT2D eigenvalue weighted by Crippen LogP contribution is 2.77. The lowest BCUT2D eigenvalue weighted by Gasteiger charge is -2.72. The predicted octanol–water partition coefficient (Wildman–Crippen LogP) is 6.53. The van der Waals surface area contributed by atoms with Crippen molar-refractivity contribution in [1.82, 2.24) is 0 Å². The molecular formula is C29H46O2. The van der Waals surface area contributed by atoms with Crippen LogP contribution in [-0.4, -0.2) is 22.4 Å². The Labute approximate surface area is 190 Å². The van der Waals surface area contributed by atoms with E-state index < -0.39 is 6.10 Å². The van der Waals surface area contributed by atoms with Gasteiger partial charge in [0.15, 0.2) is 0 Å². The topological polar surface area (TPSA) is 40.5 Å². The first kappa shape index (κ1) is 22.2. The summed E-state index contributed by atoms with van der Waals surface area (Å²) in [6, 6.07) is 0. The van der Waals surface area contributed by atoms with Crippen LogP contribution in [0.3, 0.4) is 0 Å². The molecule has 2 heteroatoms. The molecule has 2 N–H and O–H groups in total. The summed E-state index contributed by atoms with van der Waals surface area (Å²) in [4.78, 5) is 0. The normalized spacial score (nSPS) is 58.7. The van der Waals surface area contributed by atoms with Crippen molar-refractivity contribution in [2.75, 3.05) is 0 Å². The Hall–Kier alpha value is -0.600. The average Bonchev–Trinajstić information content (AvgIpc) is 3.03. The van der Waals surface area contributed by atoms with Crippen molar-refractivity contribution in [3.05, 3.63) is 24.3 Å². The van der Waals surface area contributed by atoms with Gasteiger partial charge in [0.25, 0.3) is 0 Å². The largest absolute Gasteiger partial charge is 0.392 e. The molecule has 0 amide bonds. The van der Waals surface area contributed by atoms with Crippen LogP contribution in [0.4, 0.5) is 0 Å². The molecule has 11 atom stereocenters. The molecule has 0 radical (unpaired) electrons. The standard InChI is InChI=1S/C29H46O2/c1-17(2)19-10-13-26(4)20(19)11-15-28(6)23(26)8-9-24-27(5)14-12-21(30)18(3)25(27)22(31)16-29(24,28)7/h19-25,30-31H,1,3,8-16H2,2,4-7H3/t19-,20?,21-,22+,23?,24+,25?,26-,27+,28+,29+/m0/s1. The fourth-order valence-electron chi connectivity index (χ4n) is 11.1. The monoisotopic (exact) mass is 426 g/mol. The van der Waals surface area contributed by atoms with Gasteiger partial charge in [-0.3, -0.25) is 0 Å². The molecule has 174 valence electrons. The van der Waals surface area contributed by atoms with Crippen LogP contribution >= 0.6 is 0 Å². The summed E-state index contributed by atoms with van der Waals surface area (Å²) in [6.07, 6.45) is 9.81. The fraction of sp³-hybridized carbons (Fsp3) is 0.862. The maximum Gasteiger partial charge on any atom is 0.0751 e. The molecule has 0 aromatic heterocycles. The van der Waals surface area contributed by atoms with E-state index in [-0.39, 0.29) is 28.3 Å². The third-order valence-electron chi connectivity index (χ3n) is 12.6. The van der Waals surface area contributed by atoms with Gasteiger partial charge in [-0.15, -0.1) is 0 Å². The molecule has 5 rings (SSSR count). The summed E-state index contributed by atoms with van der Waals surface area (Å²) in [5.41, 5.74) is 3.21. The highest BCUT2D eigenvalue weighted by Gasteiger charge is 2.71. The van der Waals surface area contributed by atoms with Gasteiger partial charge in [-0.2, -0.15) is 0 Å². The Kier molecular flexibility index (Phi) is 4.81. The van der Waals surface area contributed by atoms with Crippen LogP contribution in [0.2, 0.25) is 0 Å². The van der Waals surface area contributed by atoms with Gasteiger partial charge in [-0.05, 0) is 116 Å². The first-order valence-corrected chi connectivity index (χ1v) is 13.1. The second-order valence-corrected chi connectivity index (χ2v) is 13.5. The van der Waals surface area contributed by atoms with E-state index in [0.717, 1.165) is 36.7 Å². The van der Waals surface area contributed by atoms with Crippen molar-refractivity contribution in [1.29, 1.82) is 0 Å². The molecule has 0 heterocycles. The van der Waals surface area contributed by atoms with Crippen LogP contribution in [0.5, 0.6) is 0 Å². The highest BCUT2D eigenvalue weighted by molar-refractivity contribution is 5.26. The molecule has 0 aromatic carbocycles. The van der Waals surface area contributed by atoms with Gasteiger partial charge in [-0.1, -0.05) is 46.4 Å². The zero-order valence-electron chi connectivity index (χ0n) is 20.7. The third-order valence-corrected chi connectivity index (χ3v) is 12.6. The Morgan fingerprint density at radius 3 is 2.10 bits per heavy atom. The molecule has 5 aliphatic carbocycles. The van der Waals surface area contributed by atoms with Crippen molar-refractivity contribution >= 4 is 0 Å². The number of allylic oxidation sites excluding steroid dienone is 1. The van der Waals surface area contributed by atoms with Crippen molar-refractivity contribution in [2.24, 2.45) is 51.2 Å². The summed E-state index contributed by atoms with van der Waals surface area (Å²) in [7, 11) is 0. The zero-order chi connectivity index (χ0) is 22.6. The Balaban J connectivity index is 1.55. The molecule has 5 fully saturated rings. The van der Waals surface area contributed by atoms with Crippen LogP contribution in [-0.2, 0) is 0 Å². The van der Waals surface area contributed by atoms with Gasteiger partial charge in [0.2, 0.25) is 0 Å². The van der Waals surface area contributed by atoms with Gasteiger partial charge >= 0.3 is 0 Å². The predicted molar refractivity (Wildman–Crippen MR) is 127 cm³/mol. The quantitative estimate of drug-likeness (QED) is 0.468. The van der Waals surface area contributed by atoms with E-state index in [1.165, 1.54) is 44.1 Å². The van der Waals surface area contributed by atoms with Gasteiger partial charge in [-0.25, -0.2) is 0 Å². The maximum absolute atomic E-state index is 11.5. The highest BCUT2D eigenvalue weighted by atomic mass is 16.3. The van der Waals surface area contributed by atoms with E-state index in [4.69, 9.17) is 0 Å². The molecule has 3 unspecified atom stereocenters. The van der Waals surface area contributed by atoms with E-state index in [9.17, 15) is 10.2 Å². The molecule has 0 spiro atoms. The number of hydrogen-bond acceptors (Lipinski definition) is 2. The van der Waals surface area contributed by atoms with Gasteiger partial charge < -0.3 is 10.2 Å². The van der Waals surface area contributed by atoms with Crippen molar-refractivity contribution in [3.63, 3.8) is 0 Å². The second kappa shape index (κ2) is 6.72. The lowest BCUT2D eigenvalue weighted by atomic mass is 9.32. The zero-order valence-corrected chi connectivity index (χ0v) is 20.7. The molecule has 5 aliphatic rings. The van der Waals surface area contributed by atoms with Crippen molar-refractivity contribution in [2.45, 2.75) is 105 Å². The van der Waals surface area contributed by atoms with Gasteiger partial charge in [0.1, 0.15) is 0 Å². The third kappa shape index (κ3) is 2.59. The lowest BCUT2D eigenvalue weighted by Crippen LogP contribution is -2.67. The Morgan fingerprint density at radius 2 is 1.45 bits per heavy atom. The molecule has 0 bridgehead atoms. The van der Waals surface area contributed by atoms with E-state index >= 15 is 0 Å². The molecule has 5 saturated carbocycles. The van der Waals surface area contributed by atoms with Gasteiger partial charge in [0, 0.05) is 5.92 Å². The van der Waals surface area contributed by atoms with Crippen LogP contribution in [0, 0.1) is 51.2 Å². The Bertz CT molecular complexity index is 801. The van der Waals surface area contributed by atoms with E-state index in [0.29, 0.717) is 17.3 Å². The number of aliphatic hydroxyl groups is 2. The Morgan fingerprint density at radius 1 is 0.839 bits per heavy atom. The lowest BCUT2D eigenvalue weighted by molar-refractivity contribution is -0.246. The number of rotatable bonds is 1. The van der Waals surface area contributed by atoms with Crippen molar-refractivity contribution < 1.29 is 10.2 Å². The van der Waals surface area contributed by atoms with Crippen LogP contribution < -0.4 is 0 Å². The number of hydrogen-bond donors (Lipinski definition) is 2. The molecule has 31 heavy (non-hydrogen) atoms. The van der Waals surface area contributed by atoms with Crippen LogP contribution in [0.1, 0.15) is 92.4 Å². The van der Waals surface area contributed by atoms with E-state index in [1.54, 1.807) is 0 Å². The average molecular weight is 427 g/mol. The summed E-state index contributed by atoms with van der Waals surface area (Å²) >= 11 is 0. The molecule has 0 aliphatic heterocycles. The van der Waals surface area contributed by atoms with Gasteiger partial charge in [0.05, 0.1) is 12.2 Å². The summed E-state index contributed by atoms with van der Waals surface area (Å²) < 4.78 is 0. The minimum Gasteiger partial charge on any atom is -0.392 e. The minimum atomic E-state index is -0.434. The van der Waals surface area contributed by atoms with E-state index in [1.807, 2.05) is 0 Å². The van der Waals surface area contributed by atoms with E-state index in [2.05, 4.69) is 47.8 Å². The molecule has 0 aromatic rings. The van der Waals surface area contributed by atoms with Crippen LogP contribution in [0.25, 0.3) is 0 Å². The first-order valence-electron chi connectivity index (χ1n) is 13.1. The molecule has 0 saturated heterocycles. The number of aliphatic hydroxyl groups excluding tert-OH is 2. The second-order valence-electron chi connectivity index (χ2n) is 13.5.